The zero-order valence-electron chi connectivity index (χ0n) is 9.98. The molecule has 3 rings (SSSR count). The Morgan fingerprint density at radius 2 is 1.42 bits per heavy atom. The first-order valence-electron chi connectivity index (χ1n) is 5.56. The molecule has 0 fully saturated rings. The molecule has 19 heavy (non-hydrogen) atoms. The van der Waals surface area contributed by atoms with Crippen molar-refractivity contribution in [2.45, 2.75) is 6.61 Å². The minimum Gasteiger partial charge on any atom is -0.391 e. The molecule has 0 aromatic carbocycles. The Morgan fingerprint density at radius 3 is 1.74 bits per heavy atom. The van der Waals surface area contributed by atoms with Gasteiger partial charge >= 0.3 is 0 Å². The summed E-state index contributed by atoms with van der Waals surface area (Å²) in [6.45, 7) is 0.178. The second-order valence-electron chi connectivity index (χ2n) is 3.52. The molecule has 0 saturated heterocycles. The zero-order chi connectivity index (χ0) is 13.5. The summed E-state index contributed by atoms with van der Waals surface area (Å²) < 4.78 is 0. The van der Waals surface area contributed by atoms with Crippen LogP contribution < -0.4 is 0 Å². The monoisotopic (exact) mass is 308 g/mol. The summed E-state index contributed by atoms with van der Waals surface area (Å²) in [7, 11) is 0. The summed E-state index contributed by atoms with van der Waals surface area (Å²) in [5.74, 6) is 0.139. The van der Waals surface area contributed by atoms with Gasteiger partial charge in [0, 0.05) is 4.88 Å². The minimum atomic E-state index is 0.139. The molecule has 0 bridgehead atoms. The molecule has 3 heterocycles. The number of thiophene rings is 3. The van der Waals surface area contributed by atoms with E-state index in [4.69, 9.17) is 5.11 Å². The molecule has 0 amide bonds. The van der Waals surface area contributed by atoms with Gasteiger partial charge in [-0.05, 0) is 34.3 Å². The van der Waals surface area contributed by atoms with Crippen molar-refractivity contribution in [2.75, 3.05) is 0 Å². The molecule has 1 N–H and O–H groups in total. The fourth-order valence-corrected chi connectivity index (χ4v) is 3.32. The number of carbonyl (C=O) groups is 1. The van der Waals surface area contributed by atoms with E-state index in [9.17, 15) is 4.79 Å². The van der Waals surface area contributed by atoms with E-state index in [1.165, 1.54) is 22.7 Å². The van der Waals surface area contributed by atoms with Gasteiger partial charge in [0.2, 0.25) is 5.78 Å². The van der Waals surface area contributed by atoms with Crippen LogP contribution in [0, 0.1) is 0 Å². The third-order valence-corrected chi connectivity index (χ3v) is 4.82. The van der Waals surface area contributed by atoms with E-state index >= 15 is 0 Å². The van der Waals surface area contributed by atoms with E-state index in [1.54, 1.807) is 11.3 Å². The summed E-state index contributed by atoms with van der Waals surface area (Å²) in [5, 5.41) is 14.2. The lowest BCUT2D eigenvalue weighted by Crippen LogP contribution is -1.93. The normalized spacial score (nSPS) is 9.74. The minimum absolute atomic E-state index is 0.139. The average molecular weight is 308 g/mol. The van der Waals surface area contributed by atoms with Gasteiger partial charge in [-0.1, -0.05) is 18.2 Å². The van der Waals surface area contributed by atoms with Crippen LogP contribution in [0.1, 0.15) is 19.4 Å². The number of rotatable bonds is 3. The largest absolute Gasteiger partial charge is 0.391 e. The first-order valence-corrected chi connectivity index (χ1v) is 8.20. The smallest absolute Gasteiger partial charge is 0.212 e. The molecule has 0 aliphatic rings. The predicted molar refractivity (Wildman–Crippen MR) is 82.3 cm³/mol. The molecule has 0 aliphatic carbocycles. The second-order valence-corrected chi connectivity index (χ2v) is 6.45. The Labute approximate surface area is 123 Å². The molecule has 3 aromatic heterocycles. The SMILES string of the molecule is O=C(c1cccs1)c1cccs1.OCc1cccs1. The average Bonchev–Trinajstić information content (AvgIpc) is 3.19. The lowest BCUT2D eigenvalue weighted by Gasteiger charge is -1.89. The Bertz CT molecular complexity index is 544. The highest BCUT2D eigenvalue weighted by molar-refractivity contribution is 7.15. The number of aliphatic hydroxyl groups excluding tert-OH is 1. The summed E-state index contributed by atoms with van der Waals surface area (Å²) >= 11 is 4.55. The van der Waals surface area contributed by atoms with Crippen molar-refractivity contribution >= 4 is 39.8 Å². The van der Waals surface area contributed by atoms with Crippen molar-refractivity contribution in [3.8, 4) is 0 Å². The van der Waals surface area contributed by atoms with Gasteiger partial charge in [0.15, 0.2) is 0 Å². The predicted octanol–water partition coefficient (Wildman–Crippen LogP) is 4.28. The van der Waals surface area contributed by atoms with Crippen molar-refractivity contribution < 1.29 is 9.90 Å². The standard InChI is InChI=1S/C9H6OS2.C5H6OS/c10-9(7-3-1-5-11-7)8-4-2-6-12-8;6-4-5-2-1-3-7-5/h1-6H;1-3,6H,4H2. The van der Waals surface area contributed by atoms with Gasteiger partial charge in [-0.15, -0.1) is 34.0 Å². The number of ketones is 1. The molecular weight excluding hydrogens is 296 g/mol. The Morgan fingerprint density at radius 1 is 0.895 bits per heavy atom. The molecule has 98 valence electrons. The Kier molecular flexibility index (Phi) is 5.47. The fourth-order valence-electron chi connectivity index (χ4n) is 1.34. The van der Waals surface area contributed by atoms with Gasteiger partial charge < -0.3 is 5.11 Å². The van der Waals surface area contributed by atoms with Crippen LogP contribution in [0.15, 0.2) is 52.5 Å². The van der Waals surface area contributed by atoms with Crippen molar-refractivity contribution in [1.29, 1.82) is 0 Å². The molecule has 3 aromatic rings. The summed E-state index contributed by atoms with van der Waals surface area (Å²) in [4.78, 5) is 14.3. The third kappa shape index (κ3) is 4.11. The Hall–Kier alpha value is -1.27. The molecule has 0 saturated carbocycles. The maximum Gasteiger partial charge on any atom is 0.212 e. The number of hydrogen-bond acceptors (Lipinski definition) is 5. The van der Waals surface area contributed by atoms with E-state index < -0.39 is 0 Å². The summed E-state index contributed by atoms with van der Waals surface area (Å²) in [5.41, 5.74) is 0. The van der Waals surface area contributed by atoms with Crippen LogP contribution in [0.2, 0.25) is 0 Å². The zero-order valence-corrected chi connectivity index (χ0v) is 12.4. The lowest BCUT2D eigenvalue weighted by molar-refractivity contribution is 0.104. The van der Waals surface area contributed by atoms with Crippen LogP contribution in [0.25, 0.3) is 0 Å². The molecule has 0 unspecified atom stereocenters. The van der Waals surface area contributed by atoms with Crippen LogP contribution in [0.4, 0.5) is 0 Å². The van der Waals surface area contributed by atoms with Crippen LogP contribution in [-0.4, -0.2) is 10.9 Å². The highest BCUT2D eigenvalue weighted by Crippen LogP contribution is 2.18. The fraction of sp³-hybridized carbons (Fsp3) is 0.0714. The maximum atomic E-state index is 11.6. The van der Waals surface area contributed by atoms with Crippen molar-refractivity contribution in [2.24, 2.45) is 0 Å². The van der Waals surface area contributed by atoms with E-state index in [0.717, 1.165) is 14.6 Å². The highest BCUT2D eigenvalue weighted by atomic mass is 32.1. The van der Waals surface area contributed by atoms with Gasteiger partial charge in [-0.2, -0.15) is 0 Å². The first-order chi connectivity index (χ1) is 9.31. The number of hydrogen-bond donors (Lipinski definition) is 1. The van der Waals surface area contributed by atoms with Gasteiger partial charge in [0.25, 0.3) is 0 Å². The molecule has 5 heteroatoms. The highest BCUT2D eigenvalue weighted by Gasteiger charge is 2.09. The van der Waals surface area contributed by atoms with Crippen molar-refractivity contribution in [1.82, 2.24) is 0 Å². The quantitative estimate of drug-likeness (QED) is 0.733. The van der Waals surface area contributed by atoms with Crippen molar-refractivity contribution in [3.63, 3.8) is 0 Å². The molecule has 0 atom stereocenters. The summed E-state index contributed by atoms with van der Waals surface area (Å²) in [6.07, 6.45) is 0. The van der Waals surface area contributed by atoms with E-state index in [2.05, 4.69) is 0 Å². The number of aliphatic hydroxyl groups is 1. The van der Waals surface area contributed by atoms with Crippen LogP contribution in [-0.2, 0) is 6.61 Å². The molecule has 2 nitrogen and oxygen atoms in total. The Balaban J connectivity index is 0.000000163. The van der Waals surface area contributed by atoms with Gasteiger partial charge in [0.1, 0.15) is 0 Å². The van der Waals surface area contributed by atoms with Gasteiger partial charge in [0.05, 0.1) is 16.4 Å². The third-order valence-electron chi connectivity index (χ3n) is 2.23. The first kappa shape index (κ1) is 14.1. The van der Waals surface area contributed by atoms with E-state index in [0.29, 0.717) is 0 Å². The van der Waals surface area contributed by atoms with E-state index in [1.807, 2.05) is 52.5 Å². The topological polar surface area (TPSA) is 37.3 Å². The van der Waals surface area contributed by atoms with Gasteiger partial charge in [-0.3, -0.25) is 4.79 Å². The number of carbonyl (C=O) groups excluding carboxylic acids is 1. The van der Waals surface area contributed by atoms with Crippen LogP contribution in [0.5, 0.6) is 0 Å². The summed E-state index contributed by atoms with van der Waals surface area (Å²) in [6, 6.07) is 11.3. The molecule has 0 aliphatic heterocycles. The molecule has 0 spiro atoms. The molecule has 0 radical (unpaired) electrons. The van der Waals surface area contributed by atoms with E-state index in [-0.39, 0.29) is 12.4 Å². The second kappa shape index (κ2) is 7.35. The van der Waals surface area contributed by atoms with Crippen LogP contribution >= 0.6 is 34.0 Å². The molecular formula is C14H12O2S3. The van der Waals surface area contributed by atoms with Crippen molar-refractivity contribution in [3.05, 3.63) is 67.2 Å². The lowest BCUT2D eigenvalue weighted by atomic mass is 10.3. The maximum absolute atomic E-state index is 11.6. The van der Waals surface area contributed by atoms with Crippen LogP contribution in [0.3, 0.4) is 0 Å². The van der Waals surface area contributed by atoms with Gasteiger partial charge in [-0.25, -0.2) is 0 Å².